The summed E-state index contributed by atoms with van der Waals surface area (Å²) in [6.07, 6.45) is 9.40. The number of nitrogens with one attached hydrogen (secondary N) is 1. The molecule has 2 aromatic carbocycles. The maximum atomic E-state index is 12.0. The van der Waals surface area contributed by atoms with Crippen LogP contribution in [0, 0.1) is 17.2 Å². The monoisotopic (exact) mass is 434 g/mol. The Morgan fingerprint density at radius 3 is 2.42 bits per heavy atom. The van der Waals surface area contributed by atoms with E-state index in [1.165, 1.54) is 25.7 Å². The third kappa shape index (κ3) is 4.01. The van der Waals surface area contributed by atoms with Crippen molar-refractivity contribution in [2.24, 2.45) is 5.92 Å². The van der Waals surface area contributed by atoms with Gasteiger partial charge in [-0.05, 0) is 54.7 Å². The molecule has 1 saturated carbocycles. The first-order valence-electron chi connectivity index (χ1n) is 11.5. The maximum Gasteiger partial charge on any atom is 0.251 e. The predicted octanol–water partition coefficient (Wildman–Crippen LogP) is 5.79. The average Bonchev–Trinajstić information content (AvgIpc) is 3.53. The van der Waals surface area contributed by atoms with Crippen LogP contribution in [-0.4, -0.2) is 22.5 Å². The molecule has 33 heavy (non-hydrogen) atoms. The first-order chi connectivity index (χ1) is 16.2. The van der Waals surface area contributed by atoms with E-state index in [-0.39, 0.29) is 5.91 Å². The van der Waals surface area contributed by atoms with Crippen LogP contribution in [0.1, 0.15) is 41.6 Å². The largest absolute Gasteiger partial charge is 0.355 e. The average molecular weight is 435 g/mol. The maximum absolute atomic E-state index is 12.0. The number of fused-ring (bicyclic) bond motifs is 1. The Balaban J connectivity index is 1.64. The van der Waals surface area contributed by atoms with Gasteiger partial charge in [-0.2, -0.15) is 5.26 Å². The van der Waals surface area contributed by atoms with E-state index in [1.54, 1.807) is 7.05 Å². The molecule has 1 aliphatic rings. The van der Waals surface area contributed by atoms with E-state index in [0.717, 1.165) is 45.7 Å². The SMILES string of the molecule is CNC(=O)c1ccc(-c2ncc3c(ccn3CC3CCCC3)c2-c2ccc(C#N)cc2)cc1. The fourth-order valence-electron chi connectivity index (χ4n) is 4.93. The highest BCUT2D eigenvalue weighted by atomic mass is 16.1. The van der Waals surface area contributed by atoms with Crippen molar-refractivity contribution in [3.8, 4) is 28.5 Å². The van der Waals surface area contributed by atoms with Gasteiger partial charge in [0.05, 0.1) is 29.0 Å². The number of nitriles is 1. The van der Waals surface area contributed by atoms with Gasteiger partial charge in [-0.3, -0.25) is 9.78 Å². The molecule has 4 aromatic rings. The molecule has 5 rings (SSSR count). The van der Waals surface area contributed by atoms with Crippen molar-refractivity contribution >= 4 is 16.8 Å². The van der Waals surface area contributed by atoms with E-state index in [2.05, 4.69) is 28.2 Å². The second kappa shape index (κ2) is 8.91. The molecule has 1 N–H and O–H groups in total. The first kappa shape index (κ1) is 21.0. The van der Waals surface area contributed by atoms with Crippen molar-refractivity contribution in [2.75, 3.05) is 7.05 Å². The Bertz CT molecular complexity index is 1340. The lowest BCUT2D eigenvalue weighted by atomic mass is 9.95. The van der Waals surface area contributed by atoms with Gasteiger partial charge in [0.2, 0.25) is 0 Å². The van der Waals surface area contributed by atoms with Crippen LogP contribution in [0.15, 0.2) is 67.0 Å². The minimum absolute atomic E-state index is 0.110. The molecule has 1 amide bonds. The van der Waals surface area contributed by atoms with Gasteiger partial charge >= 0.3 is 0 Å². The fraction of sp³-hybridized carbons (Fsp3) is 0.250. The Hall–Kier alpha value is -3.91. The number of amides is 1. The van der Waals surface area contributed by atoms with Crippen LogP contribution in [0.2, 0.25) is 0 Å². The fourth-order valence-corrected chi connectivity index (χ4v) is 4.93. The summed E-state index contributed by atoms with van der Waals surface area (Å²) in [5.74, 6) is 0.622. The van der Waals surface area contributed by atoms with Gasteiger partial charge in [-0.15, -0.1) is 0 Å². The van der Waals surface area contributed by atoms with Gasteiger partial charge < -0.3 is 9.88 Å². The molecule has 164 valence electrons. The van der Waals surface area contributed by atoms with Crippen molar-refractivity contribution in [1.82, 2.24) is 14.9 Å². The lowest BCUT2D eigenvalue weighted by Gasteiger charge is -2.15. The van der Waals surface area contributed by atoms with Gasteiger partial charge in [0.25, 0.3) is 5.91 Å². The molecular weight excluding hydrogens is 408 g/mol. The van der Waals surface area contributed by atoms with Crippen molar-refractivity contribution < 1.29 is 4.79 Å². The minimum Gasteiger partial charge on any atom is -0.355 e. The number of rotatable bonds is 5. The summed E-state index contributed by atoms with van der Waals surface area (Å²) in [4.78, 5) is 16.9. The number of pyridine rings is 1. The van der Waals surface area contributed by atoms with Crippen LogP contribution < -0.4 is 5.32 Å². The van der Waals surface area contributed by atoms with E-state index < -0.39 is 0 Å². The molecule has 5 heteroatoms. The van der Waals surface area contributed by atoms with Crippen molar-refractivity contribution in [3.05, 3.63) is 78.1 Å². The number of aromatic nitrogens is 2. The Morgan fingerprint density at radius 2 is 1.76 bits per heavy atom. The molecule has 5 nitrogen and oxygen atoms in total. The highest BCUT2D eigenvalue weighted by Gasteiger charge is 2.19. The minimum atomic E-state index is -0.110. The first-order valence-corrected chi connectivity index (χ1v) is 11.5. The lowest BCUT2D eigenvalue weighted by molar-refractivity contribution is 0.0963. The number of nitrogens with zero attached hydrogens (tertiary/aromatic N) is 3. The highest BCUT2D eigenvalue weighted by molar-refractivity contribution is 6.02. The number of hydrogen-bond acceptors (Lipinski definition) is 3. The van der Waals surface area contributed by atoms with E-state index in [9.17, 15) is 10.1 Å². The Kier molecular flexibility index (Phi) is 5.66. The predicted molar refractivity (Wildman–Crippen MR) is 131 cm³/mol. The molecule has 0 atom stereocenters. The summed E-state index contributed by atoms with van der Waals surface area (Å²) >= 11 is 0. The molecule has 0 radical (unpaired) electrons. The summed E-state index contributed by atoms with van der Waals surface area (Å²) in [5.41, 5.74) is 6.28. The van der Waals surface area contributed by atoms with E-state index in [1.807, 2.05) is 54.7 Å². The van der Waals surface area contributed by atoms with Crippen LogP contribution in [0.25, 0.3) is 33.3 Å². The zero-order valence-electron chi connectivity index (χ0n) is 18.7. The summed E-state index contributed by atoms with van der Waals surface area (Å²) in [6, 6.07) is 19.6. The number of carbonyl (C=O) groups excluding carboxylic acids is 1. The molecule has 0 unspecified atom stereocenters. The molecule has 1 fully saturated rings. The quantitative estimate of drug-likeness (QED) is 0.432. The molecule has 2 heterocycles. The molecule has 0 aliphatic heterocycles. The molecule has 2 aromatic heterocycles. The van der Waals surface area contributed by atoms with E-state index in [4.69, 9.17) is 4.98 Å². The summed E-state index contributed by atoms with van der Waals surface area (Å²) in [6.45, 7) is 1.03. The second-order valence-corrected chi connectivity index (χ2v) is 8.74. The topological polar surface area (TPSA) is 70.7 Å². The van der Waals surface area contributed by atoms with Gasteiger partial charge in [0, 0.05) is 41.9 Å². The van der Waals surface area contributed by atoms with Crippen molar-refractivity contribution in [2.45, 2.75) is 32.2 Å². The Morgan fingerprint density at radius 1 is 1.06 bits per heavy atom. The molecular formula is C28H26N4O. The summed E-state index contributed by atoms with van der Waals surface area (Å²) in [5, 5.41) is 13.0. The van der Waals surface area contributed by atoms with E-state index >= 15 is 0 Å². The third-order valence-electron chi connectivity index (χ3n) is 6.71. The van der Waals surface area contributed by atoms with Gasteiger partial charge in [-0.25, -0.2) is 0 Å². The van der Waals surface area contributed by atoms with Crippen LogP contribution in [0.5, 0.6) is 0 Å². The molecule has 1 aliphatic carbocycles. The lowest BCUT2D eigenvalue weighted by Crippen LogP contribution is -2.17. The summed E-state index contributed by atoms with van der Waals surface area (Å²) < 4.78 is 2.34. The van der Waals surface area contributed by atoms with Crippen molar-refractivity contribution in [1.29, 1.82) is 5.26 Å². The Labute approximate surface area is 193 Å². The van der Waals surface area contributed by atoms with Crippen LogP contribution in [0.4, 0.5) is 0 Å². The molecule has 0 saturated heterocycles. The van der Waals surface area contributed by atoms with E-state index in [0.29, 0.717) is 11.1 Å². The molecule has 0 bridgehead atoms. The van der Waals surface area contributed by atoms with Crippen LogP contribution >= 0.6 is 0 Å². The van der Waals surface area contributed by atoms with Crippen molar-refractivity contribution in [3.63, 3.8) is 0 Å². The third-order valence-corrected chi connectivity index (χ3v) is 6.71. The molecule has 0 spiro atoms. The number of carbonyl (C=O) groups is 1. The van der Waals surface area contributed by atoms with Gasteiger partial charge in [0.15, 0.2) is 0 Å². The highest BCUT2D eigenvalue weighted by Crippen LogP contribution is 2.38. The zero-order valence-corrected chi connectivity index (χ0v) is 18.7. The number of hydrogen-bond donors (Lipinski definition) is 1. The smallest absolute Gasteiger partial charge is 0.251 e. The summed E-state index contributed by atoms with van der Waals surface area (Å²) in [7, 11) is 1.63. The van der Waals surface area contributed by atoms with Gasteiger partial charge in [0.1, 0.15) is 0 Å². The number of benzene rings is 2. The van der Waals surface area contributed by atoms with Crippen LogP contribution in [0.3, 0.4) is 0 Å². The van der Waals surface area contributed by atoms with Gasteiger partial charge in [-0.1, -0.05) is 37.1 Å². The zero-order chi connectivity index (χ0) is 22.8. The standard InChI is InChI=1S/C28H26N4O/c1-30-28(33)23-12-10-22(11-13-23)27-26(21-8-6-19(16-29)7-9-21)24-14-15-32(25(24)17-31-27)18-20-4-2-3-5-20/h6-15,17,20H,2-5,18H2,1H3,(H,30,33). The second-order valence-electron chi connectivity index (χ2n) is 8.74. The normalized spacial score (nSPS) is 13.8. The van der Waals surface area contributed by atoms with Crippen LogP contribution in [-0.2, 0) is 6.54 Å².